The molecule has 8 heteroatoms. The van der Waals surface area contributed by atoms with Crippen LogP contribution in [0.2, 0.25) is 0 Å². The number of hydrogen-bond acceptors (Lipinski definition) is 6. The van der Waals surface area contributed by atoms with E-state index < -0.39 is 12.3 Å². The molecule has 3 N–H and O–H groups in total. The van der Waals surface area contributed by atoms with E-state index in [0.29, 0.717) is 19.5 Å². The Kier molecular flexibility index (Phi) is 11.5. The van der Waals surface area contributed by atoms with Gasteiger partial charge < -0.3 is 25.0 Å². The summed E-state index contributed by atoms with van der Waals surface area (Å²) in [4.78, 5) is 25.1. The van der Waals surface area contributed by atoms with Gasteiger partial charge in [-0.15, -0.1) is 0 Å². The summed E-state index contributed by atoms with van der Waals surface area (Å²) in [5, 5.41) is 21.1. The average Bonchev–Trinajstić information content (AvgIpc) is 3.07. The Balaban J connectivity index is 1.33. The number of carbonyl (C=O) groups excluding carboxylic acids is 1. The third kappa shape index (κ3) is 9.83. The van der Waals surface area contributed by atoms with Gasteiger partial charge in [0.2, 0.25) is 5.91 Å². The molecule has 3 atom stereocenters. The van der Waals surface area contributed by atoms with Crippen molar-refractivity contribution in [3.05, 3.63) is 143 Å². The molecule has 1 fully saturated rings. The molecule has 0 unspecified atom stereocenters. The number of carboxylic acid groups (broad SMARTS) is 1. The molecule has 0 saturated carbocycles. The molecule has 1 aliphatic rings. The minimum atomic E-state index is -0.994. The second kappa shape index (κ2) is 16.1. The summed E-state index contributed by atoms with van der Waals surface area (Å²) in [6.45, 7) is 2.56. The van der Waals surface area contributed by atoms with E-state index in [1.807, 2.05) is 60.7 Å². The molecule has 1 aliphatic heterocycles. The van der Waals surface area contributed by atoms with Crippen LogP contribution in [0.1, 0.15) is 65.0 Å². The van der Waals surface area contributed by atoms with Crippen LogP contribution in [0.25, 0.3) is 0 Å². The molecule has 0 radical (unpaired) electrons. The zero-order valence-corrected chi connectivity index (χ0v) is 25.3. The number of amides is 1. The van der Waals surface area contributed by atoms with Crippen LogP contribution >= 0.6 is 0 Å². The average molecular weight is 609 g/mol. The number of nitrogens with one attached hydrogen (secondary N) is 1. The molecule has 4 aromatic rings. The Labute approximate surface area is 264 Å². The fourth-order valence-electron chi connectivity index (χ4n) is 5.49. The summed E-state index contributed by atoms with van der Waals surface area (Å²) in [7, 11) is 0. The first-order chi connectivity index (χ1) is 21.9. The molecule has 8 nitrogen and oxygen atoms in total. The summed E-state index contributed by atoms with van der Waals surface area (Å²) >= 11 is 0. The molecule has 1 heterocycles. The van der Waals surface area contributed by atoms with Crippen LogP contribution < -0.4 is 5.32 Å². The minimum absolute atomic E-state index is 0.0134. The molecule has 5 rings (SSSR count). The normalized spacial score (nSPS) is 18.0. The van der Waals surface area contributed by atoms with Gasteiger partial charge in [0.1, 0.15) is 0 Å². The predicted octanol–water partition coefficient (Wildman–Crippen LogP) is 5.91. The highest BCUT2D eigenvalue weighted by Crippen LogP contribution is 2.38. The maximum Gasteiger partial charge on any atom is 0.303 e. The highest BCUT2D eigenvalue weighted by Gasteiger charge is 2.33. The molecule has 0 aromatic heterocycles. The van der Waals surface area contributed by atoms with Crippen LogP contribution in [0.3, 0.4) is 0 Å². The smallest absolute Gasteiger partial charge is 0.303 e. The van der Waals surface area contributed by atoms with E-state index >= 15 is 0 Å². The van der Waals surface area contributed by atoms with Crippen molar-refractivity contribution in [1.82, 2.24) is 10.2 Å². The van der Waals surface area contributed by atoms with Crippen molar-refractivity contribution in [2.75, 3.05) is 6.54 Å². The van der Waals surface area contributed by atoms with Gasteiger partial charge in [-0.1, -0.05) is 109 Å². The topological polar surface area (TPSA) is 108 Å². The van der Waals surface area contributed by atoms with Gasteiger partial charge in [-0.25, -0.2) is 0 Å². The Morgan fingerprint density at radius 3 is 1.87 bits per heavy atom. The van der Waals surface area contributed by atoms with Crippen molar-refractivity contribution in [2.45, 2.75) is 64.0 Å². The van der Waals surface area contributed by atoms with Gasteiger partial charge in [0, 0.05) is 44.6 Å². The van der Waals surface area contributed by atoms with Crippen molar-refractivity contribution >= 4 is 11.9 Å². The zero-order valence-electron chi connectivity index (χ0n) is 25.3. The Morgan fingerprint density at radius 2 is 1.29 bits per heavy atom. The summed E-state index contributed by atoms with van der Waals surface area (Å²) in [6, 6.07) is 36.5. The largest absolute Gasteiger partial charge is 0.481 e. The summed E-state index contributed by atoms with van der Waals surface area (Å²) in [5.41, 5.74) is 6.11. The molecular weight excluding hydrogens is 568 g/mol. The fraction of sp³-hybridized carbons (Fsp3) is 0.297. The first-order valence-electron chi connectivity index (χ1n) is 15.3. The van der Waals surface area contributed by atoms with Gasteiger partial charge in [-0.3, -0.25) is 14.5 Å². The fourth-order valence-corrected chi connectivity index (χ4v) is 5.49. The molecule has 0 spiro atoms. The van der Waals surface area contributed by atoms with E-state index in [0.717, 1.165) is 35.3 Å². The van der Waals surface area contributed by atoms with Crippen LogP contribution in [0.5, 0.6) is 0 Å². The number of aliphatic hydroxyl groups is 1. The van der Waals surface area contributed by atoms with Crippen molar-refractivity contribution in [1.29, 1.82) is 0 Å². The predicted molar refractivity (Wildman–Crippen MR) is 171 cm³/mol. The molecule has 0 aliphatic carbocycles. The first-order valence-corrected chi connectivity index (χ1v) is 15.3. The third-order valence-electron chi connectivity index (χ3n) is 7.88. The van der Waals surface area contributed by atoms with E-state index in [1.54, 1.807) is 0 Å². The van der Waals surface area contributed by atoms with Gasteiger partial charge in [0.15, 0.2) is 6.29 Å². The molecule has 4 aromatic carbocycles. The number of rotatable bonds is 14. The van der Waals surface area contributed by atoms with Crippen LogP contribution in [0.15, 0.2) is 109 Å². The standard InChI is InChI=1S/C37H40N2O6/c40-26-30-13-15-31(16-14-30)34-21-33(25-39(23-28-7-3-1-4-8-28)24-29-9-5-2-6-10-29)44-37(45-34)32-17-11-27(12-18-32)22-38-35(41)19-20-36(42)43/h1-18,33-34,37,40H,19-26H2,(H,38,41)(H,42,43)/t33-,34+,37+/m0/s1. The van der Waals surface area contributed by atoms with Crippen LogP contribution in [-0.2, 0) is 45.3 Å². The summed E-state index contributed by atoms with van der Waals surface area (Å²) < 4.78 is 13.2. The van der Waals surface area contributed by atoms with Gasteiger partial charge in [-0.05, 0) is 27.8 Å². The Bertz CT molecular complexity index is 1450. The molecule has 1 amide bonds. The van der Waals surface area contributed by atoms with Crippen LogP contribution in [0.4, 0.5) is 0 Å². The Hall–Kier alpha value is -4.34. The summed E-state index contributed by atoms with van der Waals surface area (Å²) in [5.74, 6) is -1.29. The quantitative estimate of drug-likeness (QED) is 0.163. The lowest BCUT2D eigenvalue weighted by atomic mass is 9.99. The SMILES string of the molecule is O=C(O)CCC(=O)NCc1ccc([C@@H]2O[C@H](CN(Cc3ccccc3)Cc3ccccc3)C[C@H](c3ccc(CO)cc3)O2)cc1. The zero-order chi connectivity index (χ0) is 31.4. The van der Waals surface area contributed by atoms with Gasteiger partial charge >= 0.3 is 5.97 Å². The number of nitrogens with zero attached hydrogens (tertiary/aromatic N) is 1. The second-order valence-corrected chi connectivity index (χ2v) is 11.4. The number of aliphatic hydroxyl groups excluding tert-OH is 1. The lowest BCUT2D eigenvalue weighted by molar-refractivity contribution is -0.253. The molecule has 1 saturated heterocycles. The highest BCUT2D eigenvalue weighted by atomic mass is 16.7. The highest BCUT2D eigenvalue weighted by molar-refractivity contribution is 5.80. The summed E-state index contributed by atoms with van der Waals surface area (Å²) in [6.07, 6.45) is -0.488. The Morgan fingerprint density at radius 1 is 0.711 bits per heavy atom. The number of hydrogen-bond donors (Lipinski definition) is 3. The molecule has 0 bridgehead atoms. The van der Waals surface area contributed by atoms with E-state index in [-0.39, 0.29) is 37.6 Å². The van der Waals surface area contributed by atoms with E-state index in [4.69, 9.17) is 14.6 Å². The first kappa shape index (κ1) is 32.1. The molecule has 234 valence electrons. The van der Waals surface area contributed by atoms with E-state index in [1.165, 1.54) is 11.1 Å². The second-order valence-electron chi connectivity index (χ2n) is 11.4. The number of carbonyl (C=O) groups is 2. The maximum atomic E-state index is 12.0. The lowest BCUT2D eigenvalue weighted by Gasteiger charge is -2.38. The third-order valence-corrected chi connectivity index (χ3v) is 7.88. The minimum Gasteiger partial charge on any atom is -0.481 e. The van der Waals surface area contributed by atoms with E-state index in [9.17, 15) is 14.7 Å². The van der Waals surface area contributed by atoms with Crippen molar-refractivity contribution in [3.63, 3.8) is 0 Å². The number of aliphatic carboxylic acids is 1. The van der Waals surface area contributed by atoms with Crippen molar-refractivity contribution in [2.24, 2.45) is 0 Å². The van der Waals surface area contributed by atoms with Crippen molar-refractivity contribution in [3.8, 4) is 0 Å². The van der Waals surface area contributed by atoms with Crippen LogP contribution in [0, 0.1) is 0 Å². The van der Waals surface area contributed by atoms with Gasteiger partial charge in [0.05, 0.1) is 25.2 Å². The van der Waals surface area contributed by atoms with Gasteiger partial charge in [-0.2, -0.15) is 0 Å². The molecule has 45 heavy (non-hydrogen) atoms. The van der Waals surface area contributed by atoms with E-state index in [2.05, 4.69) is 58.7 Å². The van der Waals surface area contributed by atoms with Gasteiger partial charge in [0.25, 0.3) is 0 Å². The lowest BCUT2D eigenvalue weighted by Crippen LogP contribution is -2.39. The molecular formula is C37H40N2O6. The van der Waals surface area contributed by atoms with Crippen molar-refractivity contribution < 1.29 is 29.3 Å². The van der Waals surface area contributed by atoms with Crippen LogP contribution in [-0.4, -0.2) is 39.6 Å². The number of benzene rings is 4. The maximum absolute atomic E-state index is 12.0. The monoisotopic (exact) mass is 608 g/mol. The number of ether oxygens (including phenoxy) is 2. The number of carboxylic acids is 1.